The highest BCUT2D eigenvalue weighted by molar-refractivity contribution is 7.99. The Morgan fingerprint density at radius 1 is 1.23 bits per heavy atom. The number of amides is 1. The quantitative estimate of drug-likeness (QED) is 0.146. The molecule has 2 aliphatic rings. The fraction of sp³-hybridized carbons (Fsp3) is 0.500. The van der Waals surface area contributed by atoms with E-state index in [4.69, 9.17) is 20.6 Å². The number of pyridine rings is 1. The first-order valence-electron chi connectivity index (χ1n) is 14.5. The Kier molecular flexibility index (Phi) is 14.1. The number of thioether (sulfide) groups is 1. The summed E-state index contributed by atoms with van der Waals surface area (Å²) in [5.41, 5.74) is 12.2. The molecule has 0 spiro atoms. The summed E-state index contributed by atoms with van der Waals surface area (Å²) in [4.78, 5) is 39.2. The predicted molar refractivity (Wildman–Crippen MR) is 170 cm³/mol. The number of primary amides is 1. The second kappa shape index (κ2) is 17.0. The molecule has 2 aromatic rings. The third kappa shape index (κ3) is 9.53. The van der Waals surface area contributed by atoms with Gasteiger partial charge in [-0.1, -0.05) is 13.8 Å². The molecule has 9 nitrogen and oxygen atoms in total. The second-order valence-corrected chi connectivity index (χ2v) is 11.4. The van der Waals surface area contributed by atoms with E-state index in [1.54, 1.807) is 6.92 Å². The molecule has 0 atom stereocenters. The van der Waals surface area contributed by atoms with Gasteiger partial charge in [-0.05, 0) is 75.3 Å². The lowest BCUT2D eigenvalue weighted by Crippen LogP contribution is -2.14. The van der Waals surface area contributed by atoms with Gasteiger partial charge in [0.15, 0.2) is 0 Å². The van der Waals surface area contributed by atoms with Crippen LogP contribution in [0.4, 0.5) is 9.18 Å². The lowest BCUT2D eigenvalue weighted by Gasteiger charge is -2.21. The predicted octanol–water partition coefficient (Wildman–Crippen LogP) is 5.82. The van der Waals surface area contributed by atoms with Crippen LogP contribution in [0.3, 0.4) is 0 Å². The smallest absolute Gasteiger partial charge is 0.450 e. The number of nitrogens with zero attached hydrogens (tertiary/aromatic N) is 2. The first kappa shape index (κ1) is 35.8. The molecule has 1 aliphatic heterocycles. The van der Waals surface area contributed by atoms with Crippen LogP contribution in [0.2, 0.25) is 0 Å². The number of hydrogen-bond donors (Lipinski definition) is 2. The highest BCUT2D eigenvalue weighted by Gasteiger charge is 2.30. The van der Waals surface area contributed by atoms with Crippen molar-refractivity contribution in [1.29, 1.82) is 0 Å². The summed E-state index contributed by atoms with van der Waals surface area (Å²) in [6, 6.07) is 1.51. The molecule has 4 rings (SSSR count). The summed E-state index contributed by atoms with van der Waals surface area (Å²) < 4.78 is 24.3. The van der Waals surface area contributed by atoms with Crippen LogP contribution >= 0.6 is 11.8 Å². The van der Waals surface area contributed by atoms with E-state index in [1.807, 2.05) is 47.7 Å². The van der Waals surface area contributed by atoms with Crippen molar-refractivity contribution in [3.05, 3.63) is 57.1 Å². The Balaban J connectivity index is 0.000000422. The zero-order valence-corrected chi connectivity index (χ0v) is 27.0. The van der Waals surface area contributed by atoms with Gasteiger partial charge >= 0.3 is 6.16 Å². The van der Waals surface area contributed by atoms with E-state index in [2.05, 4.69) is 9.64 Å². The molecule has 3 N–H and O–H groups in total. The van der Waals surface area contributed by atoms with Crippen molar-refractivity contribution in [2.24, 2.45) is 5.73 Å². The summed E-state index contributed by atoms with van der Waals surface area (Å²) in [5, 5.41) is 9.79. The average Bonchev–Trinajstić information content (AvgIpc) is 3.27. The molecular weight excluding hydrogens is 573 g/mol. The normalized spacial score (nSPS) is 14.8. The number of carbonyl (C=O) groups is 3. The van der Waals surface area contributed by atoms with Gasteiger partial charge in [-0.3, -0.25) is 9.59 Å². The molecule has 43 heavy (non-hydrogen) atoms. The summed E-state index contributed by atoms with van der Waals surface area (Å²) in [6.45, 7) is 12.6. The van der Waals surface area contributed by atoms with Crippen LogP contribution in [-0.4, -0.2) is 71.2 Å². The zero-order chi connectivity index (χ0) is 32.3. The van der Waals surface area contributed by atoms with E-state index in [1.165, 1.54) is 23.4 Å². The van der Waals surface area contributed by atoms with E-state index in [9.17, 15) is 18.8 Å². The molecule has 0 unspecified atom stereocenters. The Bertz CT molecular complexity index is 1390. The molecule has 0 saturated heterocycles. The summed E-state index contributed by atoms with van der Waals surface area (Å²) in [7, 11) is 1.95. The van der Waals surface area contributed by atoms with Crippen LogP contribution < -0.4 is 5.73 Å². The fourth-order valence-electron chi connectivity index (χ4n) is 4.98. The van der Waals surface area contributed by atoms with Gasteiger partial charge in [-0.2, -0.15) is 0 Å². The van der Waals surface area contributed by atoms with E-state index in [0.29, 0.717) is 41.8 Å². The second-order valence-electron chi connectivity index (χ2n) is 10.3. The van der Waals surface area contributed by atoms with Crippen molar-refractivity contribution in [2.45, 2.75) is 73.5 Å². The molecule has 0 saturated carbocycles. The van der Waals surface area contributed by atoms with Crippen molar-refractivity contribution in [1.82, 2.24) is 9.88 Å². The number of allylic oxidation sites excluding steroid dienone is 2. The number of benzene rings is 1. The molecular formula is C32H44FN3O6S. The Hall–Kier alpha value is -3.44. The van der Waals surface area contributed by atoms with Crippen molar-refractivity contribution >= 4 is 46.7 Å². The van der Waals surface area contributed by atoms with Crippen molar-refractivity contribution in [3.63, 3.8) is 0 Å². The standard InChI is InChI=1S/C23H23FN2O4.C7H15NO2S.C2H6/c1-12(14(10-27)11-30-23(28)29)7-20-22-17(9-26(20)3)16-6-4-5-15-13(2)18(24)8-19(25-22)21(15)16;1-6(2)10-3-4-11-5-7(8)9;1-2/h7-8,10H,4-6,9,11H2,1-3H3,(H,28,29);6H,3-5H2,1-2H3,(H2,8,9);1-2H3/b14-12+,20-7-;;. The third-order valence-corrected chi connectivity index (χ3v) is 7.94. The molecule has 2 heterocycles. The van der Waals surface area contributed by atoms with Crippen LogP contribution in [0.25, 0.3) is 16.6 Å². The topological polar surface area (TPSA) is 132 Å². The number of carboxylic acid groups (broad SMARTS) is 1. The summed E-state index contributed by atoms with van der Waals surface area (Å²) in [5.74, 6) is 0.724. The van der Waals surface area contributed by atoms with Gasteiger partial charge in [0, 0.05) is 41.9 Å². The zero-order valence-electron chi connectivity index (χ0n) is 26.2. The maximum Gasteiger partial charge on any atom is 0.506 e. The lowest BCUT2D eigenvalue weighted by molar-refractivity contribution is -0.115. The largest absolute Gasteiger partial charge is 0.506 e. The number of ether oxygens (including phenoxy) is 2. The minimum atomic E-state index is -1.43. The highest BCUT2D eigenvalue weighted by Crippen LogP contribution is 2.41. The molecule has 1 amide bonds. The number of aldehydes is 1. The first-order chi connectivity index (χ1) is 20.4. The minimum Gasteiger partial charge on any atom is -0.450 e. The number of fused-ring (bicyclic) bond motifs is 2. The van der Waals surface area contributed by atoms with Gasteiger partial charge in [-0.25, -0.2) is 14.2 Å². The van der Waals surface area contributed by atoms with Crippen molar-refractivity contribution in [3.8, 4) is 0 Å². The van der Waals surface area contributed by atoms with Crippen LogP contribution in [0, 0.1) is 12.7 Å². The van der Waals surface area contributed by atoms with Gasteiger partial charge in [0.2, 0.25) is 5.91 Å². The van der Waals surface area contributed by atoms with Gasteiger partial charge in [-0.15, -0.1) is 11.8 Å². The minimum absolute atomic E-state index is 0.236. The number of aryl methyl sites for hydroxylation is 2. The number of halogens is 1. The molecule has 0 bridgehead atoms. The fourth-order valence-corrected chi connectivity index (χ4v) is 5.54. The van der Waals surface area contributed by atoms with Crippen LogP contribution in [-0.2, 0) is 38.4 Å². The number of aromatic nitrogens is 1. The molecule has 0 radical (unpaired) electrons. The van der Waals surface area contributed by atoms with Crippen molar-refractivity contribution < 1.29 is 33.4 Å². The van der Waals surface area contributed by atoms with Crippen LogP contribution in [0.15, 0.2) is 23.3 Å². The monoisotopic (exact) mass is 617 g/mol. The Morgan fingerprint density at radius 2 is 1.91 bits per heavy atom. The summed E-state index contributed by atoms with van der Waals surface area (Å²) >= 11 is 1.50. The molecule has 1 aromatic heterocycles. The van der Waals surface area contributed by atoms with E-state index >= 15 is 0 Å². The van der Waals surface area contributed by atoms with Gasteiger partial charge in [0.25, 0.3) is 0 Å². The number of nitrogens with two attached hydrogens (primary N) is 1. The van der Waals surface area contributed by atoms with Gasteiger partial charge < -0.3 is 25.2 Å². The van der Waals surface area contributed by atoms with E-state index < -0.39 is 6.16 Å². The molecule has 0 fully saturated rings. The average molecular weight is 618 g/mol. The molecule has 236 valence electrons. The van der Waals surface area contributed by atoms with E-state index in [-0.39, 0.29) is 30.0 Å². The maximum atomic E-state index is 14.5. The number of hydrogen-bond acceptors (Lipinski definition) is 8. The van der Waals surface area contributed by atoms with Gasteiger partial charge in [0.05, 0.1) is 35.4 Å². The third-order valence-electron chi connectivity index (χ3n) is 7.00. The molecule has 1 aliphatic carbocycles. The highest BCUT2D eigenvalue weighted by atomic mass is 32.2. The number of carbonyl (C=O) groups excluding carboxylic acids is 2. The first-order valence-corrected chi connectivity index (χ1v) is 15.6. The Labute approximate surface area is 257 Å². The van der Waals surface area contributed by atoms with E-state index in [0.717, 1.165) is 52.9 Å². The Morgan fingerprint density at radius 3 is 2.51 bits per heavy atom. The molecule has 11 heteroatoms. The number of rotatable bonds is 10. The van der Waals surface area contributed by atoms with Crippen LogP contribution in [0.1, 0.15) is 69.0 Å². The lowest BCUT2D eigenvalue weighted by atomic mass is 9.85. The maximum absolute atomic E-state index is 14.5. The summed E-state index contributed by atoms with van der Waals surface area (Å²) in [6.07, 6.45) is 4.03. The SMILES string of the molecule is CC.CC(/C=C1/c2nc3cc(F)c(C)c4c3c(c2CN1C)CCC4)=C(/C=O)COC(=O)O.CC(C)OCCSCC(N)=O. The molecule has 1 aromatic carbocycles. The van der Waals surface area contributed by atoms with Crippen LogP contribution in [0.5, 0.6) is 0 Å². The van der Waals surface area contributed by atoms with Crippen molar-refractivity contribution in [2.75, 3.05) is 31.8 Å². The van der Waals surface area contributed by atoms with Gasteiger partial charge in [0.1, 0.15) is 18.7 Å².